The van der Waals surface area contributed by atoms with E-state index in [0.29, 0.717) is 17.4 Å². The van der Waals surface area contributed by atoms with E-state index in [9.17, 15) is 8.42 Å². The van der Waals surface area contributed by atoms with Crippen LogP contribution in [0.5, 0.6) is 0 Å². The lowest BCUT2D eigenvalue weighted by molar-refractivity contribution is -0.0517. The van der Waals surface area contributed by atoms with E-state index in [-0.39, 0.29) is 5.54 Å². The third-order valence-electron chi connectivity index (χ3n) is 5.62. The number of likely N-dealkylation sites (tertiary alicyclic amines) is 1. The highest BCUT2D eigenvalue weighted by molar-refractivity contribution is 7.88. The van der Waals surface area contributed by atoms with Crippen LogP contribution in [-0.2, 0) is 10.0 Å². The van der Waals surface area contributed by atoms with Gasteiger partial charge in [-0.25, -0.2) is 8.42 Å². The van der Waals surface area contributed by atoms with E-state index in [1.54, 1.807) is 7.05 Å². The molecule has 132 valence electrons. The maximum Gasteiger partial charge on any atom is 0.211 e. The van der Waals surface area contributed by atoms with Crippen LogP contribution < -0.4 is 0 Å². The molecule has 1 fully saturated rings. The zero-order chi connectivity index (χ0) is 17.3. The lowest BCUT2D eigenvalue weighted by Gasteiger charge is -2.54. The first-order chi connectivity index (χ1) is 9.81. The molecule has 1 heterocycles. The van der Waals surface area contributed by atoms with E-state index >= 15 is 0 Å². The van der Waals surface area contributed by atoms with Gasteiger partial charge in [0, 0.05) is 31.7 Å². The molecule has 2 unspecified atom stereocenters. The van der Waals surface area contributed by atoms with Gasteiger partial charge in [-0.2, -0.15) is 4.31 Å². The Morgan fingerprint density at radius 2 is 1.91 bits per heavy atom. The van der Waals surface area contributed by atoms with Crippen LogP contribution in [0.25, 0.3) is 0 Å². The van der Waals surface area contributed by atoms with Crippen LogP contribution in [0.4, 0.5) is 0 Å². The molecule has 0 saturated carbocycles. The van der Waals surface area contributed by atoms with Crippen LogP contribution in [-0.4, -0.2) is 55.6 Å². The molecule has 0 aromatic heterocycles. The Morgan fingerprint density at radius 1 is 1.36 bits per heavy atom. The van der Waals surface area contributed by atoms with Crippen LogP contribution in [0.3, 0.4) is 0 Å². The van der Waals surface area contributed by atoms with Gasteiger partial charge in [-0.3, -0.25) is 4.90 Å². The van der Waals surface area contributed by atoms with Crippen LogP contribution in [0.2, 0.25) is 0 Å². The predicted octanol–water partition coefficient (Wildman–Crippen LogP) is 3.19. The van der Waals surface area contributed by atoms with Gasteiger partial charge in [0.15, 0.2) is 0 Å². The van der Waals surface area contributed by atoms with Crippen LogP contribution in [0, 0.1) is 11.3 Å². The summed E-state index contributed by atoms with van der Waals surface area (Å²) >= 11 is 0. The highest BCUT2D eigenvalue weighted by Crippen LogP contribution is 2.38. The van der Waals surface area contributed by atoms with Crippen molar-refractivity contribution in [1.29, 1.82) is 0 Å². The molecule has 0 N–H and O–H groups in total. The molecule has 0 aromatic carbocycles. The number of sulfonamides is 1. The van der Waals surface area contributed by atoms with Gasteiger partial charge in [0.25, 0.3) is 0 Å². The first kappa shape index (κ1) is 19.9. The Bertz CT molecular complexity index is 471. The summed E-state index contributed by atoms with van der Waals surface area (Å²) in [6, 6.07) is 0.614. The Morgan fingerprint density at radius 3 is 2.27 bits per heavy atom. The Balaban J connectivity index is 2.72. The van der Waals surface area contributed by atoms with Crippen LogP contribution >= 0.6 is 0 Å². The average Bonchev–Trinajstić information content (AvgIpc) is 2.35. The average molecular weight is 333 g/mol. The van der Waals surface area contributed by atoms with Crippen molar-refractivity contribution in [3.63, 3.8) is 0 Å². The lowest BCUT2D eigenvalue weighted by atomic mass is 9.74. The molecule has 0 amide bonds. The van der Waals surface area contributed by atoms with Gasteiger partial charge in [-0.05, 0) is 44.9 Å². The van der Waals surface area contributed by atoms with E-state index < -0.39 is 10.0 Å². The SMILES string of the molecule is CCCC(CN1CC(C)(C)C1C)CC(C)(C)N(C)S(C)(=O)=O. The highest BCUT2D eigenvalue weighted by Gasteiger charge is 2.43. The summed E-state index contributed by atoms with van der Waals surface area (Å²) in [5.74, 6) is 0.544. The molecule has 0 aromatic rings. The Kier molecular flexibility index (Phi) is 6.13. The minimum absolute atomic E-state index is 0.336. The van der Waals surface area contributed by atoms with E-state index in [2.05, 4.69) is 32.6 Å². The van der Waals surface area contributed by atoms with Crippen molar-refractivity contribution >= 4 is 10.0 Å². The van der Waals surface area contributed by atoms with Crippen molar-refractivity contribution in [3.8, 4) is 0 Å². The third-order valence-corrected chi connectivity index (χ3v) is 7.11. The molecule has 1 rings (SSSR count). The molecule has 0 aliphatic carbocycles. The van der Waals surface area contributed by atoms with E-state index in [4.69, 9.17) is 0 Å². The summed E-state index contributed by atoms with van der Waals surface area (Å²) in [6.07, 6.45) is 4.51. The van der Waals surface area contributed by atoms with Gasteiger partial charge in [0.2, 0.25) is 10.0 Å². The zero-order valence-corrected chi connectivity index (χ0v) is 16.6. The monoisotopic (exact) mass is 332 g/mol. The van der Waals surface area contributed by atoms with Crippen molar-refractivity contribution in [2.75, 3.05) is 26.4 Å². The zero-order valence-electron chi connectivity index (χ0n) is 15.8. The van der Waals surface area contributed by atoms with Gasteiger partial charge in [0.05, 0.1) is 6.26 Å². The number of hydrogen-bond donors (Lipinski definition) is 0. The fourth-order valence-electron chi connectivity index (χ4n) is 3.68. The highest BCUT2D eigenvalue weighted by atomic mass is 32.2. The fourth-order valence-corrected chi connectivity index (χ4v) is 4.65. The molecule has 1 saturated heterocycles. The van der Waals surface area contributed by atoms with Crippen molar-refractivity contribution in [2.24, 2.45) is 11.3 Å². The predicted molar refractivity (Wildman–Crippen MR) is 94.5 cm³/mol. The van der Waals surface area contributed by atoms with Gasteiger partial charge >= 0.3 is 0 Å². The lowest BCUT2D eigenvalue weighted by Crippen LogP contribution is -2.61. The van der Waals surface area contributed by atoms with Crippen molar-refractivity contribution in [3.05, 3.63) is 0 Å². The fraction of sp³-hybridized carbons (Fsp3) is 1.00. The van der Waals surface area contributed by atoms with E-state index in [1.807, 2.05) is 13.8 Å². The second-order valence-corrected chi connectivity index (χ2v) is 10.5. The molecule has 0 bridgehead atoms. The van der Waals surface area contributed by atoms with Gasteiger partial charge in [-0.1, -0.05) is 27.2 Å². The smallest absolute Gasteiger partial charge is 0.211 e. The molecule has 1 aliphatic heterocycles. The maximum atomic E-state index is 11.9. The third kappa shape index (κ3) is 4.68. The molecule has 2 atom stereocenters. The van der Waals surface area contributed by atoms with Crippen LogP contribution in [0.15, 0.2) is 0 Å². The van der Waals surface area contributed by atoms with Crippen LogP contribution in [0.1, 0.15) is 60.8 Å². The first-order valence-corrected chi connectivity index (χ1v) is 10.3. The summed E-state index contributed by atoms with van der Waals surface area (Å²) in [5.41, 5.74) is 0.0763. The molecular weight excluding hydrogens is 296 g/mol. The van der Waals surface area contributed by atoms with E-state index in [0.717, 1.165) is 32.4 Å². The first-order valence-electron chi connectivity index (χ1n) is 8.49. The second-order valence-electron chi connectivity index (χ2n) is 8.50. The Hall–Kier alpha value is -0.130. The van der Waals surface area contributed by atoms with E-state index in [1.165, 1.54) is 10.6 Å². The normalized spacial score (nSPS) is 24.3. The molecule has 22 heavy (non-hydrogen) atoms. The number of rotatable bonds is 8. The van der Waals surface area contributed by atoms with Gasteiger partial charge in [0.1, 0.15) is 0 Å². The maximum absolute atomic E-state index is 11.9. The summed E-state index contributed by atoms with van der Waals surface area (Å²) < 4.78 is 25.3. The van der Waals surface area contributed by atoms with Crippen molar-refractivity contribution in [2.45, 2.75) is 72.4 Å². The van der Waals surface area contributed by atoms with Crippen molar-refractivity contribution < 1.29 is 8.42 Å². The van der Waals surface area contributed by atoms with Gasteiger partial charge in [-0.15, -0.1) is 0 Å². The summed E-state index contributed by atoms with van der Waals surface area (Å²) in [5, 5.41) is 0. The molecule has 0 radical (unpaired) electrons. The minimum atomic E-state index is -3.15. The topological polar surface area (TPSA) is 40.6 Å². The molecular formula is C17H36N2O2S. The largest absolute Gasteiger partial charge is 0.299 e. The molecule has 4 nitrogen and oxygen atoms in total. The minimum Gasteiger partial charge on any atom is -0.299 e. The van der Waals surface area contributed by atoms with Crippen molar-refractivity contribution in [1.82, 2.24) is 9.21 Å². The number of nitrogens with zero attached hydrogens (tertiary/aromatic N) is 2. The quantitative estimate of drug-likeness (QED) is 0.685. The second kappa shape index (κ2) is 6.78. The summed E-state index contributed by atoms with van der Waals surface area (Å²) in [4.78, 5) is 2.55. The number of hydrogen-bond acceptors (Lipinski definition) is 3. The Labute approximate surface area is 138 Å². The molecule has 5 heteroatoms. The summed E-state index contributed by atoms with van der Waals surface area (Å²) in [7, 11) is -1.45. The molecule has 0 spiro atoms. The standard InChI is InChI=1S/C17H36N2O2S/c1-9-10-15(12-19-13-16(3,4)14(19)2)11-17(5,6)18(7)22(8,20)21/h14-15H,9-13H2,1-8H3. The molecule has 1 aliphatic rings. The van der Waals surface area contributed by atoms with Gasteiger partial charge < -0.3 is 0 Å². The summed E-state index contributed by atoms with van der Waals surface area (Å²) in [6.45, 7) is 15.5.